The zero-order valence-electron chi connectivity index (χ0n) is 19.0. The molecule has 3 rings (SSSR count). The van der Waals surface area contributed by atoms with Crippen LogP contribution >= 0.6 is 0 Å². The van der Waals surface area contributed by atoms with Gasteiger partial charge in [0.2, 0.25) is 0 Å². The summed E-state index contributed by atoms with van der Waals surface area (Å²) in [5.41, 5.74) is 5.18. The summed E-state index contributed by atoms with van der Waals surface area (Å²) in [4.78, 5) is 11.6. The van der Waals surface area contributed by atoms with Crippen LogP contribution in [0.15, 0.2) is 65.6 Å². The van der Waals surface area contributed by atoms with Crippen molar-refractivity contribution in [2.45, 2.75) is 71.1 Å². The summed E-state index contributed by atoms with van der Waals surface area (Å²) >= 11 is 0. The molecule has 0 fully saturated rings. The Morgan fingerprint density at radius 2 is 1.84 bits per heavy atom. The lowest BCUT2D eigenvalue weighted by molar-refractivity contribution is 0.222. The molecule has 3 heterocycles. The van der Waals surface area contributed by atoms with Crippen LogP contribution in [0.2, 0.25) is 0 Å². The molecule has 0 atom stereocenters. The number of hydrogen-bond acceptors (Lipinski definition) is 2. The predicted molar refractivity (Wildman–Crippen MR) is 131 cm³/mol. The Morgan fingerprint density at radius 3 is 2.58 bits per heavy atom. The first-order chi connectivity index (χ1) is 15.3. The van der Waals surface area contributed by atoms with Crippen LogP contribution in [0, 0.1) is 0 Å². The van der Waals surface area contributed by atoms with Crippen molar-refractivity contribution in [3.63, 3.8) is 0 Å². The third kappa shape index (κ3) is 7.46. The number of ether oxygens (including phenoxy) is 1. The minimum atomic E-state index is 0.695. The van der Waals surface area contributed by atoms with Crippen LogP contribution in [0.1, 0.15) is 81.8 Å². The highest BCUT2D eigenvalue weighted by Crippen LogP contribution is 2.25. The molecular weight excluding hydrogens is 382 g/mol. The van der Waals surface area contributed by atoms with E-state index in [0.717, 1.165) is 47.8 Å². The second-order valence-corrected chi connectivity index (χ2v) is 8.21. The first-order valence-corrected chi connectivity index (χ1v) is 11.9. The summed E-state index contributed by atoms with van der Waals surface area (Å²) in [7, 11) is 0. The van der Waals surface area contributed by atoms with Gasteiger partial charge in [0.15, 0.2) is 0 Å². The summed E-state index contributed by atoms with van der Waals surface area (Å²) in [6, 6.07) is 8.36. The van der Waals surface area contributed by atoms with Crippen LogP contribution in [0.4, 0.5) is 0 Å². The fraction of sp³-hybridized carbons (Fsp3) is 0.444. The van der Waals surface area contributed by atoms with Gasteiger partial charge in [-0.1, -0.05) is 45.1 Å². The van der Waals surface area contributed by atoms with Gasteiger partial charge in [-0.05, 0) is 62.4 Å². The van der Waals surface area contributed by atoms with E-state index in [4.69, 9.17) is 9.73 Å². The SMILES string of the molecule is C=CCCCCCCCCCc1ccc(C=C2N=C(c3ccc[nH]3)C=C2OCCC)[nH]1. The van der Waals surface area contributed by atoms with Crippen molar-refractivity contribution in [3.05, 3.63) is 77.7 Å². The molecule has 2 aromatic rings. The molecule has 0 amide bonds. The molecule has 0 saturated carbocycles. The maximum Gasteiger partial charge on any atom is 0.147 e. The van der Waals surface area contributed by atoms with Crippen molar-refractivity contribution in [2.75, 3.05) is 6.61 Å². The highest BCUT2D eigenvalue weighted by molar-refractivity contribution is 6.11. The minimum absolute atomic E-state index is 0.695. The number of nitrogens with one attached hydrogen (secondary N) is 2. The second-order valence-electron chi connectivity index (χ2n) is 8.21. The van der Waals surface area contributed by atoms with Crippen molar-refractivity contribution >= 4 is 11.8 Å². The Balaban J connectivity index is 1.49. The van der Waals surface area contributed by atoms with Gasteiger partial charge in [-0.25, -0.2) is 4.99 Å². The Morgan fingerprint density at radius 1 is 1.03 bits per heavy atom. The second kappa shape index (κ2) is 12.8. The Labute approximate surface area is 187 Å². The molecule has 0 spiro atoms. The molecule has 2 aromatic heterocycles. The Hall–Kier alpha value is -2.75. The number of rotatable bonds is 15. The Kier molecular flexibility index (Phi) is 9.49. The van der Waals surface area contributed by atoms with Gasteiger partial charge in [-0.2, -0.15) is 0 Å². The summed E-state index contributed by atoms with van der Waals surface area (Å²) < 4.78 is 5.95. The third-order valence-electron chi connectivity index (χ3n) is 5.51. The van der Waals surface area contributed by atoms with Gasteiger partial charge in [0.05, 0.1) is 18.0 Å². The van der Waals surface area contributed by atoms with Gasteiger partial charge in [-0.3, -0.25) is 0 Å². The molecule has 0 saturated heterocycles. The molecule has 4 heteroatoms. The van der Waals surface area contributed by atoms with Gasteiger partial charge in [-0.15, -0.1) is 6.58 Å². The number of aryl methyl sites for hydroxylation is 1. The molecule has 0 aliphatic carbocycles. The van der Waals surface area contributed by atoms with E-state index >= 15 is 0 Å². The number of unbranched alkanes of at least 4 members (excludes halogenated alkanes) is 7. The normalized spacial score (nSPS) is 14.7. The van der Waals surface area contributed by atoms with Gasteiger partial charge < -0.3 is 14.7 Å². The van der Waals surface area contributed by atoms with Crippen LogP contribution in [0.25, 0.3) is 6.08 Å². The molecule has 4 nitrogen and oxygen atoms in total. The van der Waals surface area contributed by atoms with Gasteiger partial charge in [0.25, 0.3) is 0 Å². The first kappa shape index (κ1) is 22.9. The average Bonchev–Trinajstić information content (AvgIpc) is 3.53. The van der Waals surface area contributed by atoms with Crippen molar-refractivity contribution in [2.24, 2.45) is 4.99 Å². The lowest BCUT2D eigenvalue weighted by Crippen LogP contribution is -1.95. The Bertz CT molecular complexity index is 883. The van der Waals surface area contributed by atoms with Crippen molar-refractivity contribution in [1.82, 2.24) is 9.97 Å². The molecular formula is C27H37N3O. The summed E-state index contributed by atoms with van der Waals surface area (Å²) in [6.45, 7) is 6.60. The molecule has 0 bridgehead atoms. The van der Waals surface area contributed by atoms with E-state index in [9.17, 15) is 0 Å². The summed E-state index contributed by atoms with van der Waals surface area (Å²) in [5.74, 6) is 0.843. The largest absolute Gasteiger partial charge is 0.491 e. The van der Waals surface area contributed by atoms with Crippen molar-refractivity contribution < 1.29 is 4.74 Å². The third-order valence-corrected chi connectivity index (χ3v) is 5.51. The molecule has 166 valence electrons. The van der Waals surface area contributed by atoms with Crippen LogP contribution in [-0.2, 0) is 11.2 Å². The average molecular weight is 420 g/mol. The van der Waals surface area contributed by atoms with Crippen LogP contribution < -0.4 is 0 Å². The molecule has 31 heavy (non-hydrogen) atoms. The first-order valence-electron chi connectivity index (χ1n) is 11.9. The van der Waals surface area contributed by atoms with E-state index < -0.39 is 0 Å². The van der Waals surface area contributed by atoms with E-state index in [1.165, 1.54) is 50.6 Å². The molecule has 2 N–H and O–H groups in total. The smallest absolute Gasteiger partial charge is 0.147 e. The number of H-pyrrole nitrogens is 2. The zero-order chi connectivity index (χ0) is 21.7. The monoisotopic (exact) mass is 419 g/mol. The highest BCUT2D eigenvalue weighted by Gasteiger charge is 2.18. The quantitative estimate of drug-likeness (QED) is 0.230. The molecule has 0 aromatic carbocycles. The number of nitrogens with zero attached hydrogens (tertiary/aromatic N) is 1. The van der Waals surface area contributed by atoms with Crippen molar-refractivity contribution in [1.29, 1.82) is 0 Å². The van der Waals surface area contributed by atoms with Crippen LogP contribution in [0.5, 0.6) is 0 Å². The van der Waals surface area contributed by atoms with E-state index in [-0.39, 0.29) is 0 Å². The predicted octanol–water partition coefficient (Wildman–Crippen LogP) is 7.35. The van der Waals surface area contributed by atoms with Gasteiger partial charge >= 0.3 is 0 Å². The standard InChI is InChI=1S/C27H37N3O/c1-3-5-6-7-8-9-10-11-12-14-22-16-17-23(29-22)20-26-27(31-19-4-2)21-25(30-26)24-15-13-18-28-24/h3,13,15-18,20-21,28-29H,1,4-12,14,19H2,2H3. The summed E-state index contributed by atoms with van der Waals surface area (Å²) in [5, 5.41) is 0. The van der Waals surface area contributed by atoms with Crippen LogP contribution in [-0.4, -0.2) is 22.3 Å². The maximum atomic E-state index is 5.95. The molecule has 1 aliphatic heterocycles. The number of hydrogen-bond donors (Lipinski definition) is 2. The van der Waals surface area contributed by atoms with E-state index in [1.807, 2.05) is 30.5 Å². The minimum Gasteiger partial charge on any atom is -0.491 e. The molecule has 0 unspecified atom stereocenters. The number of aromatic amines is 2. The van der Waals surface area contributed by atoms with Gasteiger partial charge in [0.1, 0.15) is 11.5 Å². The fourth-order valence-electron chi connectivity index (χ4n) is 3.80. The fourth-order valence-corrected chi connectivity index (χ4v) is 3.80. The molecule has 1 aliphatic rings. The lowest BCUT2D eigenvalue weighted by atomic mass is 10.1. The number of aromatic nitrogens is 2. The van der Waals surface area contributed by atoms with E-state index in [1.54, 1.807) is 0 Å². The number of allylic oxidation sites excluding steroid dienone is 2. The van der Waals surface area contributed by atoms with E-state index in [2.05, 4.69) is 41.7 Å². The highest BCUT2D eigenvalue weighted by atomic mass is 16.5. The van der Waals surface area contributed by atoms with Gasteiger partial charge in [0, 0.05) is 23.7 Å². The number of aliphatic imine (C=N–C) groups is 1. The summed E-state index contributed by atoms with van der Waals surface area (Å²) in [6.07, 6.45) is 20.5. The maximum absolute atomic E-state index is 5.95. The van der Waals surface area contributed by atoms with Crippen molar-refractivity contribution in [3.8, 4) is 0 Å². The van der Waals surface area contributed by atoms with Crippen LogP contribution in [0.3, 0.4) is 0 Å². The lowest BCUT2D eigenvalue weighted by Gasteiger charge is -2.05. The topological polar surface area (TPSA) is 53.2 Å². The zero-order valence-corrected chi connectivity index (χ0v) is 19.0. The molecule has 0 radical (unpaired) electrons. The van der Waals surface area contributed by atoms with E-state index in [0.29, 0.717) is 6.61 Å².